The number of thiophene rings is 1. The van der Waals surface area contributed by atoms with Crippen molar-refractivity contribution in [3.05, 3.63) is 16.0 Å². The first kappa shape index (κ1) is 13.4. The average molecular weight is 276 g/mol. The van der Waals surface area contributed by atoms with Crippen LogP contribution in [0.3, 0.4) is 0 Å². The van der Waals surface area contributed by atoms with Crippen LogP contribution >= 0.6 is 11.3 Å². The fraction of sp³-hybridized carbons (Fsp3) is 0.385. The van der Waals surface area contributed by atoms with Crippen molar-refractivity contribution in [3.63, 3.8) is 0 Å². The minimum atomic E-state index is -0.449. The standard InChI is InChI=1S/C13H12N2O3S/c1-7(16)5-11(18)15-13-9(6-14)8-3-2-4-10(17)12(8)19-13/h2-5H2,1H3,(H,15,18). The fourth-order valence-electron chi connectivity index (χ4n) is 2.07. The Balaban J connectivity index is 2.32. The van der Waals surface area contributed by atoms with E-state index in [9.17, 15) is 19.6 Å². The van der Waals surface area contributed by atoms with E-state index in [4.69, 9.17) is 0 Å². The number of amides is 1. The Labute approximate surface area is 114 Å². The predicted octanol–water partition coefficient (Wildman–Crippen LogP) is 2.06. The third kappa shape index (κ3) is 2.71. The Morgan fingerprint density at radius 2 is 2.16 bits per heavy atom. The monoisotopic (exact) mass is 276 g/mol. The van der Waals surface area contributed by atoms with Crippen LogP contribution in [-0.4, -0.2) is 17.5 Å². The minimum absolute atomic E-state index is 0.0230. The minimum Gasteiger partial charge on any atom is -0.316 e. The number of ketones is 2. The Kier molecular flexibility index (Phi) is 3.76. The van der Waals surface area contributed by atoms with Crippen LogP contribution in [0.15, 0.2) is 0 Å². The van der Waals surface area contributed by atoms with E-state index in [1.165, 1.54) is 6.92 Å². The second-order valence-electron chi connectivity index (χ2n) is 4.43. The smallest absolute Gasteiger partial charge is 0.232 e. The Hall–Kier alpha value is -2.00. The zero-order valence-electron chi connectivity index (χ0n) is 10.4. The van der Waals surface area contributed by atoms with Gasteiger partial charge in [-0.1, -0.05) is 0 Å². The largest absolute Gasteiger partial charge is 0.316 e. The van der Waals surface area contributed by atoms with Crippen molar-refractivity contribution in [1.82, 2.24) is 0 Å². The zero-order valence-corrected chi connectivity index (χ0v) is 11.2. The molecule has 0 radical (unpaired) electrons. The van der Waals surface area contributed by atoms with Gasteiger partial charge in [0.05, 0.1) is 16.9 Å². The summed E-state index contributed by atoms with van der Waals surface area (Å²) in [5, 5.41) is 12.1. The molecule has 0 saturated heterocycles. The van der Waals surface area contributed by atoms with Gasteiger partial charge in [0.25, 0.3) is 0 Å². The number of hydrogen-bond donors (Lipinski definition) is 1. The maximum atomic E-state index is 11.8. The van der Waals surface area contributed by atoms with E-state index >= 15 is 0 Å². The Bertz CT molecular complexity index is 610. The number of anilines is 1. The SMILES string of the molecule is CC(=O)CC(=O)Nc1sc2c(c1C#N)CCCC2=O. The molecule has 0 bridgehead atoms. The lowest BCUT2D eigenvalue weighted by molar-refractivity contribution is -0.124. The van der Waals surface area contributed by atoms with Gasteiger partial charge in [0, 0.05) is 6.42 Å². The molecule has 98 valence electrons. The van der Waals surface area contributed by atoms with Crippen molar-refractivity contribution in [2.75, 3.05) is 5.32 Å². The number of rotatable bonds is 3. The van der Waals surface area contributed by atoms with Crippen LogP contribution in [0.2, 0.25) is 0 Å². The molecule has 1 aromatic heterocycles. The molecule has 0 saturated carbocycles. The number of nitrogens with one attached hydrogen (secondary N) is 1. The number of fused-ring (bicyclic) bond motifs is 1. The highest BCUT2D eigenvalue weighted by atomic mass is 32.1. The summed E-state index contributed by atoms with van der Waals surface area (Å²) < 4.78 is 0. The Morgan fingerprint density at radius 1 is 1.42 bits per heavy atom. The highest BCUT2D eigenvalue weighted by Gasteiger charge is 2.26. The lowest BCUT2D eigenvalue weighted by Gasteiger charge is -2.08. The van der Waals surface area contributed by atoms with Crippen LogP contribution in [0.4, 0.5) is 5.00 Å². The molecule has 1 N–H and O–H groups in total. The zero-order chi connectivity index (χ0) is 14.0. The van der Waals surface area contributed by atoms with Gasteiger partial charge < -0.3 is 5.32 Å². The first-order valence-electron chi connectivity index (χ1n) is 5.91. The number of nitriles is 1. The van der Waals surface area contributed by atoms with Crippen LogP contribution in [0.25, 0.3) is 0 Å². The molecule has 0 atom stereocenters. The molecule has 1 amide bonds. The second-order valence-corrected chi connectivity index (χ2v) is 5.45. The maximum Gasteiger partial charge on any atom is 0.232 e. The lowest BCUT2D eigenvalue weighted by atomic mass is 9.95. The fourth-order valence-corrected chi connectivity index (χ4v) is 3.25. The number of Topliss-reactive ketones (excluding diaryl/α,β-unsaturated/α-hetero) is 2. The van der Waals surface area contributed by atoms with Gasteiger partial charge in [-0.25, -0.2) is 0 Å². The highest BCUT2D eigenvalue weighted by molar-refractivity contribution is 7.18. The number of hydrogen-bond acceptors (Lipinski definition) is 5. The third-order valence-corrected chi connectivity index (χ3v) is 4.05. The number of nitrogens with zero attached hydrogens (tertiary/aromatic N) is 1. The molecule has 1 aromatic rings. The summed E-state index contributed by atoms with van der Waals surface area (Å²) in [4.78, 5) is 34.8. The quantitative estimate of drug-likeness (QED) is 0.856. The van der Waals surface area contributed by atoms with Gasteiger partial charge in [-0.2, -0.15) is 5.26 Å². The van der Waals surface area contributed by atoms with E-state index in [1.807, 2.05) is 6.07 Å². The van der Waals surface area contributed by atoms with Crippen molar-refractivity contribution < 1.29 is 14.4 Å². The number of carbonyl (C=O) groups excluding carboxylic acids is 3. The van der Waals surface area contributed by atoms with Gasteiger partial charge in [-0.05, 0) is 25.3 Å². The molecule has 6 heteroatoms. The summed E-state index contributed by atoms with van der Waals surface area (Å²) in [5.74, 6) is -0.668. The van der Waals surface area contributed by atoms with Crippen molar-refractivity contribution >= 4 is 33.8 Å². The molecular weight excluding hydrogens is 264 g/mol. The van der Waals surface area contributed by atoms with E-state index in [-0.39, 0.29) is 18.0 Å². The molecule has 2 rings (SSSR count). The number of carbonyl (C=O) groups is 3. The molecule has 0 fully saturated rings. The summed E-state index contributed by atoms with van der Waals surface area (Å²) >= 11 is 1.13. The predicted molar refractivity (Wildman–Crippen MR) is 70.2 cm³/mol. The van der Waals surface area contributed by atoms with Gasteiger partial charge in [0.2, 0.25) is 5.91 Å². The molecule has 0 unspecified atom stereocenters. The summed E-state index contributed by atoms with van der Waals surface area (Å²) in [6.45, 7) is 1.33. The van der Waals surface area contributed by atoms with Gasteiger partial charge >= 0.3 is 0 Å². The molecule has 0 aliphatic heterocycles. The van der Waals surface area contributed by atoms with Crippen LogP contribution in [-0.2, 0) is 16.0 Å². The summed E-state index contributed by atoms with van der Waals surface area (Å²) in [5.41, 5.74) is 1.10. The van der Waals surface area contributed by atoms with Crippen molar-refractivity contribution in [3.8, 4) is 6.07 Å². The van der Waals surface area contributed by atoms with Gasteiger partial charge in [0.15, 0.2) is 5.78 Å². The van der Waals surface area contributed by atoms with E-state index < -0.39 is 5.91 Å². The van der Waals surface area contributed by atoms with Crippen LogP contribution in [0, 0.1) is 11.3 Å². The summed E-state index contributed by atoms with van der Waals surface area (Å²) in [6, 6.07) is 2.04. The lowest BCUT2D eigenvalue weighted by Crippen LogP contribution is -2.14. The van der Waals surface area contributed by atoms with Gasteiger partial charge in [0.1, 0.15) is 16.9 Å². The average Bonchev–Trinajstić information content (AvgIpc) is 2.66. The van der Waals surface area contributed by atoms with E-state index in [0.29, 0.717) is 28.3 Å². The molecule has 19 heavy (non-hydrogen) atoms. The summed E-state index contributed by atoms with van der Waals surface area (Å²) in [6.07, 6.45) is 1.68. The summed E-state index contributed by atoms with van der Waals surface area (Å²) in [7, 11) is 0. The molecular formula is C13H12N2O3S. The van der Waals surface area contributed by atoms with E-state index in [0.717, 1.165) is 23.3 Å². The third-order valence-electron chi connectivity index (χ3n) is 2.87. The maximum absolute atomic E-state index is 11.8. The van der Waals surface area contributed by atoms with Crippen LogP contribution < -0.4 is 5.32 Å². The van der Waals surface area contributed by atoms with E-state index in [1.54, 1.807) is 0 Å². The molecule has 5 nitrogen and oxygen atoms in total. The van der Waals surface area contributed by atoms with Crippen molar-refractivity contribution in [2.45, 2.75) is 32.6 Å². The van der Waals surface area contributed by atoms with Crippen molar-refractivity contribution in [1.29, 1.82) is 5.26 Å². The normalized spacial score (nSPS) is 13.6. The first-order valence-corrected chi connectivity index (χ1v) is 6.72. The topological polar surface area (TPSA) is 87.0 Å². The van der Waals surface area contributed by atoms with Crippen molar-refractivity contribution in [2.24, 2.45) is 0 Å². The second kappa shape index (κ2) is 5.33. The molecule has 1 aliphatic carbocycles. The van der Waals surface area contributed by atoms with Crippen LogP contribution in [0.1, 0.15) is 47.0 Å². The highest BCUT2D eigenvalue weighted by Crippen LogP contribution is 2.37. The first-order chi connectivity index (χ1) is 9.02. The molecule has 0 aromatic carbocycles. The van der Waals surface area contributed by atoms with Gasteiger partial charge in [-0.3, -0.25) is 14.4 Å². The molecule has 0 spiro atoms. The Morgan fingerprint density at radius 3 is 2.79 bits per heavy atom. The van der Waals surface area contributed by atoms with E-state index in [2.05, 4.69) is 5.32 Å². The van der Waals surface area contributed by atoms with Crippen LogP contribution in [0.5, 0.6) is 0 Å². The molecule has 1 aliphatic rings. The van der Waals surface area contributed by atoms with Gasteiger partial charge in [-0.15, -0.1) is 11.3 Å². The molecule has 1 heterocycles.